The molecule has 0 nitrogen and oxygen atoms in total. The molecule has 0 bridgehead atoms. The van der Waals surface area contributed by atoms with Crippen LogP contribution in [0.2, 0.25) is 0 Å². The molecule has 0 saturated carbocycles. The van der Waals surface area contributed by atoms with Crippen LogP contribution in [0.15, 0.2) is 48.0 Å². The van der Waals surface area contributed by atoms with E-state index < -0.39 is 0 Å². The van der Waals surface area contributed by atoms with E-state index in [9.17, 15) is 0 Å². The Labute approximate surface area is 71.8 Å². The van der Waals surface area contributed by atoms with Crippen molar-refractivity contribution in [2.45, 2.75) is 0 Å². The van der Waals surface area contributed by atoms with Crippen LogP contribution in [0.4, 0.5) is 0 Å². The van der Waals surface area contributed by atoms with Crippen molar-refractivity contribution in [1.29, 1.82) is 0 Å². The fourth-order valence-electron chi connectivity index (χ4n) is 0.773. The number of hydrogen-bond donors (Lipinski definition) is 0. The molecule has 0 aliphatic rings. The maximum Gasteiger partial charge on any atom is 0.00424 e. The quantitative estimate of drug-likeness (QED) is 0.588. The summed E-state index contributed by atoms with van der Waals surface area (Å²) in [5.74, 6) is 0. The van der Waals surface area contributed by atoms with E-state index in [4.69, 9.17) is 11.6 Å². The molecule has 0 saturated heterocycles. The van der Waals surface area contributed by atoms with Gasteiger partial charge in [0.25, 0.3) is 0 Å². The van der Waals surface area contributed by atoms with Crippen molar-refractivity contribution in [2.75, 3.05) is 0 Å². The molecule has 11 heavy (non-hydrogen) atoms. The SMILES string of the molecule is ClC=CC=Cc1ccccc1. The first-order valence-electron chi connectivity index (χ1n) is 3.42. The normalized spacial score (nSPS) is 11.4. The molecular weight excluding hydrogens is 156 g/mol. The molecule has 1 heteroatoms. The number of allylic oxidation sites excluding steroid dienone is 2. The van der Waals surface area contributed by atoms with Gasteiger partial charge in [-0.1, -0.05) is 60.2 Å². The molecule has 0 unspecified atom stereocenters. The average Bonchev–Trinajstić information content (AvgIpc) is 2.07. The molecule has 0 heterocycles. The highest BCUT2D eigenvalue weighted by Gasteiger charge is 1.78. The van der Waals surface area contributed by atoms with Gasteiger partial charge in [0, 0.05) is 5.54 Å². The molecular formula is C10H9Cl. The third-order valence-electron chi connectivity index (χ3n) is 1.27. The van der Waals surface area contributed by atoms with Crippen molar-refractivity contribution in [3.63, 3.8) is 0 Å². The van der Waals surface area contributed by atoms with Gasteiger partial charge in [0.1, 0.15) is 0 Å². The smallest absolute Gasteiger partial charge is 0.00424 e. The van der Waals surface area contributed by atoms with Crippen LogP contribution >= 0.6 is 11.6 Å². The second-order valence-corrected chi connectivity index (χ2v) is 2.34. The van der Waals surface area contributed by atoms with Crippen LogP contribution in [0.5, 0.6) is 0 Å². The molecule has 0 amide bonds. The third kappa shape index (κ3) is 3.06. The number of rotatable bonds is 2. The van der Waals surface area contributed by atoms with Crippen LogP contribution in [-0.4, -0.2) is 0 Å². The molecule has 1 aromatic rings. The summed E-state index contributed by atoms with van der Waals surface area (Å²) in [6.45, 7) is 0. The number of benzene rings is 1. The van der Waals surface area contributed by atoms with Gasteiger partial charge in [-0.2, -0.15) is 0 Å². The van der Waals surface area contributed by atoms with E-state index in [1.165, 1.54) is 11.1 Å². The van der Waals surface area contributed by atoms with Crippen molar-refractivity contribution in [3.8, 4) is 0 Å². The highest BCUT2D eigenvalue weighted by Crippen LogP contribution is 2.00. The summed E-state index contributed by atoms with van der Waals surface area (Å²) in [5, 5.41) is 0. The number of hydrogen-bond acceptors (Lipinski definition) is 0. The Morgan fingerprint density at radius 3 is 2.36 bits per heavy atom. The lowest BCUT2D eigenvalue weighted by molar-refractivity contribution is 1.66. The van der Waals surface area contributed by atoms with Gasteiger partial charge in [-0.05, 0) is 5.56 Å². The van der Waals surface area contributed by atoms with Crippen molar-refractivity contribution in [1.82, 2.24) is 0 Å². The zero-order chi connectivity index (χ0) is 7.94. The molecule has 0 aliphatic carbocycles. The van der Waals surface area contributed by atoms with Gasteiger partial charge < -0.3 is 0 Å². The van der Waals surface area contributed by atoms with E-state index in [-0.39, 0.29) is 0 Å². The van der Waals surface area contributed by atoms with Gasteiger partial charge in [0.15, 0.2) is 0 Å². The van der Waals surface area contributed by atoms with E-state index in [0.717, 1.165) is 0 Å². The standard InChI is InChI=1S/C10H9Cl/c11-9-5-4-8-10-6-2-1-3-7-10/h1-9H. The van der Waals surface area contributed by atoms with E-state index in [1.807, 2.05) is 42.5 Å². The van der Waals surface area contributed by atoms with Crippen LogP contribution in [0, 0.1) is 0 Å². The molecule has 0 fully saturated rings. The summed E-state index contributed by atoms with van der Waals surface area (Å²) < 4.78 is 0. The lowest BCUT2D eigenvalue weighted by atomic mass is 10.2. The van der Waals surface area contributed by atoms with Crippen molar-refractivity contribution in [2.24, 2.45) is 0 Å². The van der Waals surface area contributed by atoms with E-state index in [2.05, 4.69) is 0 Å². The first-order chi connectivity index (χ1) is 5.43. The second-order valence-electron chi connectivity index (χ2n) is 2.09. The van der Waals surface area contributed by atoms with Gasteiger partial charge in [-0.3, -0.25) is 0 Å². The maximum atomic E-state index is 5.34. The molecule has 0 radical (unpaired) electrons. The van der Waals surface area contributed by atoms with E-state index >= 15 is 0 Å². The summed E-state index contributed by atoms with van der Waals surface area (Å²) in [4.78, 5) is 0. The molecule has 0 aliphatic heterocycles. The van der Waals surface area contributed by atoms with Gasteiger partial charge in [-0.25, -0.2) is 0 Å². The second kappa shape index (κ2) is 4.75. The topological polar surface area (TPSA) is 0 Å². The summed E-state index contributed by atoms with van der Waals surface area (Å²) in [5.41, 5.74) is 2.67. The van der Waals surface area contributed by atoms with E-state index in [1.54, 1.807) is 6.08 Å². The van der Waals surface area contributed by atoms with Crippen LogP contribution in [0.1, 0.15) is 5.56 Å². The minimum atomic E-state index is 1.18. The molecule has 0 atom stereocenters. The Kier molecular flexibility index (Phi) is 3.49. The van der Waals surface area contributed by atoms with Gasteiger partial charge in [0.05, 0.1) is 0 Å². The zero-order valence-corrected chi connectivity index (χ0v) is 6.83. The van der Waals surface area contributed by atoms with E-state index in [0.29, 0.717) is 0 Å². The molecule has 0 spiro atoms. The van der Waals surface area contributed by atoms with Crippen molar-refractivity contribution >= 4 is 17.7 Å². The highest BCUT2D eigenvalue weighted by atomic mass is 35.5. The molecule has 0 N–H and O–H groups in total. The summed E-state index contributed by atoms with van der Waals surface area (Å²) in [6.07, 6.45) is 5.69. The highest BCUT2D eigenvalue weighted by molar-refractivity contribution is 6.25. The van der Waals surface area contributed by atoms with Gasteiger partial charge in [0.2, 0.25) is 0 Å². The molecule has 1 aromatic carbocycles. The lowest BCUT2D eigenvalue weighted by Gasteiger charge is -1.87. The fraction of sp³-hybridized carbons (Fsp3) is 0. The Morgan fingerprint density at radius 1 is 1.00 bits per heavy atom. The van der Waals surface area contributed by atoms with Crippen LogP contribution in [0.3, 0.4) is 0 Å². The monoisotopic (exact) mass is 164 g/mol. The van der Waals surface area contributed by atoms with Crippen LogP contribution < -0.4 is 0 Å². The average molecular weight is 165 g/mol. The third-order valence-corrected chi connectivity index (χ3v) is 1.42. The maximum absolute atomic E-state index is 5.34. The van der Waals surface area contributed by atoms with Gasteiger partial charge in [-0.15, -0.1) is 0 Å². The molecule has 1 rings (SSSR count). The predicted octanol–water partition coefficient (Wildman–Crippen LogP) is 3.45. The fourth-order valence-corrected chi connectivity index (χ4v) is 0.857. The van der Waals surface area contributed by atoms with Crippen molar-refractivity contribution < 1.29 is 0 Å². The Hall–Kier alpha value is -1.01. The Morgan fingerprint density at radius 2 is 1.73 bits per heavy atom. The lowest BCUT2D eigenvalue weighted by Crippen LogP contribution is -1.66. The minimum Gasteiger partial charge on any atom is -0.0930 e. The first kappa shape index (κ1) is 8.09. The molecule has 0 aromatic heterocycles. The summed E-state index contributed by atoms with van der Waals surface area (Å²) in [7, 11) is 0. The predicted molar refractivity (Wildman–Crippen MR) is 50.5 cm³/mol. The summed E-state index contributed by atoms with van der Waals surface area (Å²) in [6, 6.07) is 10.1. The Bertz CT molecular complexity index is 247. The van der Waals surface area contributed by atoms with Crippen molar-refractivity contribution in [3.05, 3.63) is 53.6 Å². The first-order valence-corrected chi connectivity index (χ1v) is 3.85. The Balaban J connectivity index is 2.64. The largest absolute Gasteiger partial charge is 0.0930 e. The number of halogens is 1. The van der Waals surface area contributed by atoms with Crippen LogP contribution in [0.25, 0.3) is 6.08 Å². The van der Waals surface area contributed by atoms with Gasteiger partial charge >= 0.3 is 0 Å². The zero-order valence-electron chi connectivity index (χ0n) is 6.07. The molecule has 56 valence electrons. The van der Waals surface area contributed by atoms with Crippen LogP contribution in [-0.2, 0) is 0 Å². The summed E-state index contributed by atoms with van der Waals surface area (Å²) >= 11 is 5.34. The minimum absolute atomic E-state index is 1.18.